The van der Waals surface area contributed by atoms with Crippen LogP contribution >= 0.6 is 0 Å². The van der Waals surface area contributed by atoms with Gasteiger partial charge in [-0.05, 0) is 49.6 Å². The van der Waals surface area contributed by atoms with Crippen molar-refractivity contribution in [3.63, 3.8) is 0 Å². The molecule has 0 aromatic heterocycles. The number of carbonyl (C=O) groups excluding carboxylic acids is 1. The lowest BCUT2D eigenvalue weighted by Gasteiger charge is -2.12. The molecule has 0 aliphatic rings. The van der Waals surface area contributed by atoms with Crippen molar-refractivity contribution in [3.8, 4) is 0 Å². The smallest absolute Gasteiger partial charge is 0.251 e. The highest BCUT2D eigenvalue weighted by Gasteiger charge is 2.19. The number of hydrogen-bond acceptors (Lipinski definition) is 4. The van der Waals surface area contributed by atoms with E-state index >= 15 is 0 Å². The van der Waals surface area contributed by atoms with E-state index in [1.165, 1.54) is 6.07 Å². The second-order valence-corrected chi connectivity index (χ2v) is 7.78. The van der Waals surface area contributed by atoms with E-state index in [0.29, 0.717) is 24.2 Å². The summed E-state index contributed by atoms with van der Waals surface area (Å²) in [5, 5.41) is 2.78. The molecule has 0 bridgehead atoms. The number of nitrogens with one attached hydrogen (secondary N) is 2. The summed E-state index contributed by atoms with van der Waals surface area (Å²) in [5.41, 5.74) is 7.20. The maximum Gasteiger partial charge on any atom is 0.251 e. The first-order valence-electron chi connectivity index (χ1n) is 8.56. The van der Waals surface area contributed by atoms with Gasteiger partial charge in [0.1, 0.15) is 0 Å². The molecule has 0 aliphatic heterocycles. The van der Waals surface area contributed by atoms with E-state index in [0.717, 1.165) is 18.4 Å². The molecule has 0 atom stereocenters. The van der Waals surface area contributed by atoms with Gasteiger partial charge in [0.25, 0.3) is 5.91 Å². The Morgan fingerprint density at radius 3 is 2.50 bits per heavy atom. The van der Waals surface area contributed by atoms with Crippen LogP contribution < -0.4 is 15.8 Å². The number of unbranched alkanes of at least 4 members (excludes halogenated alkanes) is 1. The number of benzene rings is 2. The Bertz CT molecular complexity index is 836. The lowest BCUT2D eigenvalue weighted by Crippen LogP contribution is -2.27. The average molecular weight is 375 g/mol. The van der Waals surface area contributed by atoms with Gasteiger partial charge in [-0.15, -0.1) is 0 Å². The molecule has 26 heavy (non-hydrogen) atoms. The number of carbonyl (C=O) groups is 1. The number of rotatable bonds is 9. The average Bonchev–Trinajstić information content (AvgIpc) is 2.64. The topological polar surface area (TPSA) is 101 Å². The Morgan fingerprint density at radius 2 is 1.81 bits per heavy atom. The molecule has 0 unspecified atom stereocenters. The minimum absolute atomic E-state index is 0.114. The van der Waals surface area contributed by atoms with Crippen LogP contribution in [-0.4, -0.2) is 27.4 Å². The van der Waals surface area contributed by atoms with E-state index in [9.17, 15) is 13.2 Å². The van der Waals surface area contributed by atoms with Crippen molar-refractivity contribution in [3.05, 3.63) is 65.2 Å². The van der Waals surface area contributed by atoms with Crippen molar-refractivity contribution >= 4 is 15.9 Å². The maximum absolute atomic E-state index is 12.6. The molecule has 2 rings (SSSR count). The van der Waals surface area contributed by atoms with Gasteiger partial charge in [0.15, 0.2) is 0 Å². The lowest BCUT2D eigenvalue weighted by molar-refractivity contribution is 0.0953. The minimum atomic E-state index is -3.72. The zero-order valence-corrected chi connectivity index (χ0v) is 15.7. The number of hydrogen-bond donors (Lipinski definition) is 3. The van der Waals surface area contributed by atoms with Crippen LogP contribution in [0.5, 0.6) is 0 Å². The van der Waals surface area contributed by atoms with Crippen LogP contribution in [0.15, 0.2) is 53.4 Å². The van der Waals surface area contributed by atoms with E-state index < -0.39 is 10.0 Å². The van der Waals surface area contributed by atoms with E-state index in [1.807, 2.05) is 30.3 Å². The molecule has 0 saturated carbocycles. The van der Waals surface area contributed by atoms with Crippen molar-refractivity contribution in [1.29, 1.82) is 0 Å². The molecular formula is C19H25N3O3S. The van der Waals surface area contributed by atoms with Crippen molar-refractivity contribution in [2.45, 2.75) is 31.2 Å². The van der Waals surface area contributed by atoms with Gasteiger partial charge in [-0.1, -0.05) is 36.4 Å². The highest BCUT2D eigenvalue weighted by molar-refractivity contribution is 7.89. The molecule has 0 fully saturated rings. The Balaban J connectivity index is 2.11. The number of sulfonamides is 1. The summed E-state index contributed by atoms with van der Waals surface area (Å²) in [7, 11) is -3.72. The molecule has 7 heteroatoms. The summed E-state index contributed by atoms with van der Waals surface area (Å²) in [4.78, 5) is 12.3. The molecule has 0 saturated heterocycles. The zero-order chi connectivity index (χ0) is 19.0. The third kappa shape index (κ3) is 5.66. The second kappa shape index (κ2) is 9.47. The summed E-state index contributed by atoms with van der Waals surface area (Å²) in [6, 6.07) is 14.0. The van der Waals surface area contributed by atoms with Gasteiger partial charge in [-0.3, -0.25) is 4.79 Å². The summed E-state index contributed by atoms with van der Waals surface area (Å²) in [6.07, 6.45) is 1.62. The van der Waals surface area contributed by atoms with Crippen LogP contribution in [0.1, 0.15) is 34.3 Å². The van der Waals surface area contributed by atoms with Crippen molar-refractivity contribution < 1.29 is 13.2 Å². The Labute approximate surface area is 154 Å². The van der Waals surface area contributed by atoms with Crippen LogP contribution in [0.2, 0.25) is 0 Å². The Morgan fingerprint density at radius 1 is 1.08 bits per heavy atom. The monoisotopic (exact) mass is 375 g/mol. The van der Waals surface area contributed by atoms with Crippen LogP contribution in [0.4, 0.5) is 0 Å². The van der Waals surface area contributed by atoms with E-state index in [2.05, 4.69) is 10.0 Å². The fourth-order valence-electron chi connectivity index (χ4n) is 2.46. The zero-order valence-electron chi connectivity index (χ0n) is 14.9. The molecule has 6 nitrogen and oxygen atoms in total. The summed E-state index contributed by atoms with van der Waals surface area (Å²) < 4.78 is 27.9. The highest BCUT2D eigenvalue weighted by Crippen LogP contribution is 2.17. The maximum atomic E-state index is 12.6. The molecule has 0 spiro atoms. The summed E-state index contributed by atoms with van der Waals surface area (Å²) >= 11 is 0. The third-order valence-corrected chi connectivity index (χ3v) is 5.51. The first-order chi connectivity index (χ1) is 12.4. The van der Waals surface area contributed by atoms with Gasteiger partial charge in [-0.2, -0.15) is 0 Å². The minimum Gasteiger partial charge on any atom is -0.352 e. The van der Waals surface area contributed by atoms with Crippen molar-refractivity contribution in [2.24, 2.45) is 5.73 Å². The lowest BCUT2D eigenvalue weighted by atomic mass is 10.1. The standard InChI is InChI=1S/C19H25N3O3S/c1-15-9-10-17(19(23)21-12-6-5-11-20)13-18(15)26(24,25)22-14-16-7-3-2-4-8-16/h2-4,7-10,13,22H,5-6,11-12,14,20H2,1H3,(H,21,23). The molecule has 4 N–H and O–H groups in total. The van der Waals surface area contributed by atoms with Gasteiger partial charge < -0.3 is 11.1 Å². The quantitative estimate of drug-likeness (QED) is 0.583. The largest absolute Gasteiger partial charge is 0.352 e. The van der Waals surface area contributed by atoms with E-state index in [4.69, 9.17) is 5.73 Å². The second-order valence-electron chi connectivity index (χ2n) is 6.04. The van der Waals surface area contributed by atoms with Gasteiger partial charge in [0.2, 0.25) is 10.0 Å². The fraction of sp³-hybridized carbons (Fsp3) is 0.316. The molecule has 2 aromatic carbocycles. The Hall–Kier alpha value is -2.22. The number of nitrogens with two attached hydrogens (primary N) is 1. The fourth-order valence-corrected chi connectivity index (χ4v) is 3.74. The van der Waals surface area contributed by atoms with Crippen LogP contribution in [-0.2, 0) is 16.6 Å². The molecule has 0 aliphatic carbocycles. The van der Waals surface area contributed by atoms with Crippen LogP contribution in [0.3, 0.4) is 0 Å². The predicted molar refractivity (Wildman–Crippen MR) is 102 cm³/mol. The molecule has 2 aromatic rings. The van der Waals surface area contributed by atoms with Crippen molar-refractivity contribution in [1.82, 2.24) is 10.0 Å². The van der Waals surface area contributed by atoms with Gasteiger partial charge in [0, 0.05) is 18.7 Å². The summed E-state index contributed by atoms with van der Waals surface area (Å²) in [5.74, 6) is -0.290. The Kier molecular flexibility index (Phi) is 7.32. The molecule has 140 valence electrons. The third-order valence-electron chi connectivity index (χ3n) is 3.97. The molecule has 0 radical (unpaired) electrons. The van der Waals surface area contributed by atoms with Gasteiger partial charge in [0.05, 0.1) is 4.90 Å². The van der Waals surface area contributed by atoms with E-state index in [-0.39, 0.29) is 17.3 Å². The normalized spacial score (nSPS) is 11.3. The molecular weight excluding hydrogens is 350 g/mol. The SMILES string of the molecule is Cc1ccc(C(=O)NCCCCN)cc1S(=O)(=O)NCc1ccccc1. The van der Waals surface area contributed by atoms with Crippen LogP contribution in [0, 0.1) is 6.92 Å². The first-order valence-corrected chi connectivity index (χ1v) is 10.0. The molecule has 0 heterocycles. The summed E-state index contributed by atoms with van der Waals surface area (Å²) in [6.45, 7) is 2.99. The first kappa shape index (κ1) is 20.1. The van der Waals surface area contributed by atoms with Crippen LogP contribution in [0.25, 0.3) is 0 Å². The predicted octanol–water partition coefficient (Wildman–Crippen LogP) is 1.94. The van der Waals surface area contributed by atoms with Gasteiger partial charge in [-0.25, -0.2) is 13.1 Å². The van der Waals surface area contributed by atoms with E-state index in [1.54, 1.807) is 19.1 Å². The number of aryl methyl sites for hydroxylation is 1. The number of amides is 1. The van der Waals surface area contributed by atoms with Gasteiger partial charge >= 0.3 is 0 Å². The van der Waals surface area contributed by atoms with Crippen molar-refractivity contribution in [2.75, 3.05) is 13.1 Å². The molecule has 1 amide bonds. The highest BCUT2D eigenvalue weighted by atomic mass is 32.2.